The molecule has 2 N–H and O–H groups in total. The Morgan fingerprint density at radius 3 is 2.56 bits per heavy atom. The minimum Gasteiger partial charge on any atom is -0.492 e. The molecule has 12 heteroatoms. The first-order valence-electron chi connectivity index (χ1n) is 14.3. The quantitative estimate of drug-likeness (QED) is 0.558. The minimum absolute atomic E-state index is 0.00210. The summed E-state index contributed by atoms with van der Waals surface area (Å²) in [6.07, 6.45) is 0.877. The highest BCUT2D eigenvalue weighted by molar-refractivity contribution is 7.89. The molecule has 3 fully saturated rings. The van der Waals surface area contributed by atoms with Crippen LogP contribution < -0.4 is 15.0 Å². The van der Waals surface area contributed by atoms with E-state index in [1.165, 1.54) is 12.1 Å². The Labute approximate surface area is 240 Å². The SMILES string of the molecule is O=C1NC2(CCOc3cc(N4CCOCC4)ccc3S(=O)(=O)N3C[C@H](O)C[C@@H]13)CCN(Cc1cccc(F)c1)CC2. The molecule has 1 spiro atoms. The average Bonchev–Trinajstić information content (AvgIpc) is 3.37. The van der Waals surface area contributed by atoms with E-state index in [4.69, 9.17) is 9.47 Å². The third kappa shape index (κ3) is 5.94. The largest absolute Gasteiger partial charge is 0.492 e. The van der Waals surface area contributed by atoms with Crippen LogP contribution in [-0.4, -0.2) is 98.9 Å². The molecule has 41 heavy (non-hydrogen) atoms. The molecule has 0 saturated carbocycles. The summed E-state index contributed by atoms with van der Waals surface area (Å²) in [5.74, 6) is -0.404. The van der Waals surface area contributed by atoms with Gasteiger partial charge in [0.15, 0.2) is 0 Å². The zero-order chi connectivity index (χ0) is 28.6. The first-order valence-corrected chi connectivity index (χ1v) is 15.7. The molecule has 4 heterocycles. The van der Waals surface area contributed by atoms with E-state index in [1.54, 1.807) is 24.3 Å². The lowest BCUT2D eigenvalue weighted by atomic mass is 9.84. The molecular weight excluding hydrogens is 551 g/mol. The summed E-state index contributed by atoms with van der Waals surface area (Å²) in [5, 5.41) is 13.7. The molecule has 2 aromatic rings. The maximum Gasteiger partial charge on any atom is 0.247 e. The molecular formula is C29H37FN4O6S. The van der Waals surface area contributed by atoms with Crippen LogP contribution in [-0.2, 0) is 26.1 Å². The zero-order valence-corrected chi connectivity index (χ0v) is 23.8. The third-order valence-electron chi connectivity index (χ3n) is 8.76. The number of carbonyl (C=O) groups is 1. The smallest absolute Gasteiger partial charge is 0.247 e. The van der Waals surface area contributed by atoms with Gasteiger partial charge in [0.2, 0.25) is 15.9 Å². The van der Waals surface area contributed by atoms with Crippen LogP contribution in [0.4, 0.5) is 10.1 Å². The number of hydrogen-bond donors (Lipinski definition) is 2. The number of piperidine rings is 1. The van der Waals surface area contributed by atoms with Gasteiger partial charge in [-0.2, -0.15) is 4.31 Å². The van der Waals surface area contributed by atoms with E-state index >= 15 is 0 Å². The van der Waals surface area contributed by atoms with E-state index < -0.39 is 33.6 Å². The molecule has 6 rings (SSSR count). The molecule has 222 valence electrons. The van der Waals surface area contributed by atoms with Crippen molar-refractivity contribution < 1.29 is 32.2 Å². The topological polar surface area (TPSA) is 112 Å². The number of fused-ring (bicyclic) bond motifs is 2. The van der Waals surface area contributed by atoms with E-state index in [2.05, 4.69) is 15.1 Å². The summed E-state index contributed by atoms with van der Waals surface area (Å²) in [6.45, 7) is 4.63. The maximum atomic E-state index is 13.9. The first kappa shape index (κ1) is 28.4. The molecule has 1 amide bonds. The summed E-state index contributed by atoms with van der Waals surface area (Å²) in [7, 11) is -4.13. The number of ether oxygens (including phenoxy) is 2. The number of halogens is 1. The van der Waals surface area contributed by atoms with Crippen molar-refractivity contribution in [2.24, 2.45) is 0 Å². The highest BCUT2D eigenvalue weighted by Crippen LogP contribution is 2.37. The third-order valence-corrected chi connectivity index (χ3v) is 10.7. The van der Waals surface area contributed by atoms with Gasteiger partial charge in [0.05, 0.1) is 25.9 Å². The van der Waals surface area contributed by atoms with Crippen molar-refractivity contribution in [3.63, 3.8) is 0 Å². The molecule has 10 nitrogen and oxygen atoms in total. The van der Waals surface area contributed by atoms with Crippen LogP contribution in [0.3, 0.4) is 0 Å². The van der Waals surface area contributed by atoms with Crippen molar-refractivity contribution in [2.75, 3.05) is 57.4 Å². The standard InChI is InChI=1S/C29H37FN4O6S/c30-22-3-1-2-21(16-22)19-32-9-6-29(7-10-32)8-13-40-26-17-23(33-11-14-39-15-12-33)4-5-27(26)41(37,38)34-20-24(35)18-25(34)28(36)31-29/h1-5,16-17,24-25,35H,6-15,18-20H2,(H,31,36)/t24-,25+/m1/s1. The first-order chi connectivity index (χ1) is 19.7. The lowest BCUT2D eigenvalue weighted by Gasteiger charge is -2.43. The van der Waals surface area contributed by atoms with Gasteiger partial charge in [0, 0.05) is 69.4 Å². The van der Waals surface area contributed by atoms with Crippen molar-refractivity contribution in [3.8, 4) is 5.75 Å². The Hall–Kier alpha value is -2.77. The number of rotatable bonds is 3. The molecule has 0 aliphatic carbocycles. The molecule has 0 aromatic heterocycles. The van der Waals surface area contributed by atoms with Gasteiger partial charge in [-0.15, -0.1) is 0 Å². The van der Waals surface area contributed by atoms with Crippen molar-refractivity contribution >= 4 is 21.6 Å². The summed E-state index contributed by atoms with van der Waals surface area (Å²) < 4.78 is 54.4. The number of carbonyl (C=O) groups excluding carboxylic acids is 1. The second-order valence-corrected chi connectivity index (χ2v) is 13.3. The number of sulfonamides is 1. The van der Waals surface area contributed by atoms with Crippen LogP contribution in [0.2, 0.25) is 0 Å². The number of nitrogens with zero attached hydrogens (tertiary/aromatic N) is 3. The second kappa shape index (κ2) is 11.5. The summed E-state index contributed by atoms with van der Waals surface area (Å²) >= 11 is 0. The van der Waals surface area contributed by atoms with Crippen LogP contribution >= 0.6 is 0 Å². The molecule has 0 bridgehead atoms. The number of anilines is 1. The lowest BCUT2D eigenvalue weighted by Crippen LogP contribution is -2.59. The molecule has 4 aliphatic rings. The van der Waals surface area contributed by atoms with Crippen LogP contribution in [0, 0.1) is 5.82 Å². The van der Waals surface area contributed by atoms with E-state index in [0.717, 1.165) is 15.6 Å². The Balaban J connectivity index is 1.27. The van der Waals surface area contributed by atoms with E-state index in [-0.39, 0.29) is 36.0 Å². The zero-order valence-electron chi connectivity index (χ0n) is 23.0. The Bertz CT molecular complexity index is 1380. The number of nitrogens with one attached hydrogen (secondary N) is 1. The Kier molecular flexibility index (Phi) is 7.94. The van der Waals surface area contributed by atoms with Gasteiger partial charge >= 0.3 is 0 Å². The van der Waals surface area contributed by atoms with E-state index in [0.29, 0.717) is 65.2 Å². The van der Waals surface area contributed by atoms with Gasteiger partial charge in [-0.1, -0.05) is 12.1 Å². The van der Waals surface area contributed by atoms with Crippen molar-refractivity contribution in [1.29, 1.82) is 0 Å². The van der Waals surface area contributed by atoms with Crippen molar-refractivity contribution in [3.05, 3.63) is 53.8 Å². The monoisotopic (exact) mass is 588 g/mol. The maximum absolute atomic E-state index is 13.9. The van der Waals surface area contributed by atoms with Gasteiger partial charge in [-0.25, -0.2) is 12.8 Å². The highest BCUT2D eigenvalue weighted by atomic mass is 32.2. The average molecular weight is 589 g/mol. The predicted molar refractivity (Wildman–Crippen MR) is 150 cm³/mol. The van der Waals surface area contributed by atoms with Crippen LogP contribution in [0.25, 0.3) is 0 Å². The van der Waals surface area contributed by atoms with E-state index in [9.17, 15) is 22.7 Å². The Morgan fingerprint density at radius 1 is 1.02 bits per heavy atom. The van der Waals surface area contributed by atoms with E-state index in [1.807, 2.05) is 6.07 Å². The molecule has 0 unspecified atom stereocenters. The fraction of sp³-hybridized carbons (Fsp3) is 0.552. The fourth-order valence-corrected chi connectivity index (χ4v) is 8.18. The number of aliphatic hydroxyl groups is 1. The number of morpholine rings is 1. The van der Waals surface area contributed by atoms with Crippen LogP contribution in [0.5, 0.6) is 5.75 Å². The molecule has 2 aromatic carbocycles. The van der Waals surface area contributed by atoms with Crippen LogP contribution in [0.15, 0.2) is 47.4 Å². The highest BCUT2D eigenvalue weighted by Gasteiger charge is 2.47. The van der Waals surface area contributed by atoms with Gasteiger partial charge < -0.3 is 24.8 Å². The molecule has 4 aliphatic heterocycles. The molecule has 0 radical (unpaired) electrons. The second-order valence-electron chi connectivity index (χ2n) is 11.5. The number of likely N-dealkylation sites (tertiary alicyclic amines) is 1. The Morgan fingerprint density at radius 2 is 1.80 bits per heavy atom. The van der Waals surface area contributed by atoms with Crippen LogP contribution in [0.1, 0.15) is 31.2 Å². The molecule has 3 saturated heterocycles. The van der Waals surface area contributed by atoms with Crippen molar-refractivity contribution in [1.82, 2.24) is 14.5 Å². The summed E-state index contributed by atoms with van der Waals surface area (Å²) in [5.41, 5.74) is 1.15. The van der Waals surface area contributed by atoms with Gasteiger partial charge in [0.25, 0.3) is 0 Å². The summed E-state index contributed by atoms with van der Waals surface area (Å²) in [4.78, 5) is 18.0. The molecule has 2 atom stereocenters. The van der Waals surface area contributed by atoms with Gasteiger partial charge in [0.1, 0.15) is 22.5 Å². The normalized spacial score (nSPS) is 26.9. The van der Waals surface area contributed by atoms with Gasteiger partial charge in [-0.3, -0.25) is 9.69 Å². The lowest BCUT2D eigenvalue weighted by molar-refractivity contribution is -0.127. The minimum atomic E-state index is -4.13. The summed E-state index contributed by atoms with van der Waals surface area (Å²) in [6, 6.07) is 10.6. The number of benzene rings is 2. The number of aliphatic hydroxyl groups excluding tert-OH is 1. The predicted octanol–water partition coefficient (Wildman–Crippen LogP) is 1.72. The van der Waals surface area contributed by atoms with Gasteiger partial charge in [-0.05, 0) is 42.7 Å². The fourth-order valence-electron chi connectivity index (χ4n) is 6.43. The van der Waals surface area contributed by atoms with Crippen molar-refractivity contribution in [2.45, 2.75) is 54.8 Å². The number of amides is 1. The number of hydrogen-bond acceptors (Lipinski definition) is 8.